The lowest BCUT2D eigenvalue weighted by Gasteiger charge is -2.12. The van der Waals surface area contributed by atoms with Gasteiger partial charge in [0.05, 0.1) is 0 Å². The van der Waals surface area contributed by atoms with E-state index in [9.17, 15) is 4.79 Å². The Bertz CT molecular complexity index is 624. The Hall–Kier alpha value is -1.61. The molecule has 102 valence electrons. The Balaban J connectivity index is 1.73. The second-order valence-corrected chi connectivity index (χ2v) is 6.02. The molecule has 0 radical (unpaired) electrons. The zero-order valence-corrected chi connectivity index (χ0v) is 12.7. The number of halogens is 1. The molecule has 1 atom stereocenters. The normalized spacial score (nSPS) is 14.7. The molecule has 3 heteroatoms. The average Bonchev–Trinajstić information content (AvgIpc) is 2.95. The number of rotatable bonds is 3. The number of carbonyl (C=O) groups is 1. The molecule has 2 aromatic carbocycles. The van der Waals surface area contributed by atoms with Gasteiger partial charge in [0, 0.05) is 5.69 Å². The maximum atomic E-state index is 12.3. The molecule has 3 rings (SSSR count). The van der Waals surface area contributed by atoms with E-state index in [1.807, 2.05) is 36.4 Å². The van der Waals surface area contributed by atoms with E-state index in [-0.39, 0.29) is 10.7 Å². The SMILES string of the molecule is O=C(Nc1ccc2c(c1)CCC2)C(Br)c1ccccc1. The number of fused-ring (bicyclic) bond motifs is 1. The van der Waals surface area contributed by atoms with Crippen molar-refractivity contribution in [3.8, 4) is 0 Å². The summed E-state index contributed by atoms with van der Waals surface area (Å²) in [5.74, 6) is -0.0332. The lowest BCUT2D eigenvalue weighted by atomic mass is 10.1. The lowest BCUT2D eigenvalue weighted by Crippen LogP contribution is -2.17. The van der Waals surface area contributed by atoms with Gasteiger partial charge in [-0.25, -0.2) is 0 Å². The van der Waals surface area contributed by atoms with Gasteiger partial charge in [-0.1, -0.05) is 52.3 Å². The molecule has 1 aliphatic rings. The molecule has 2 aromatic rings. The number of anilines is 1. The van der Waals surface area contributed by atoms with Crippen molar-refractivity contribution in [1.82, 2.24) is 0 Å². The van der Waals surface area contributed by atoms with Gasteiger partial charge in [0.15, 0.2) is 0 Å². The first-order chi connectivity index (χ1) is 9.74. The fraction of sp³-hybridized carbons (Fsp3) is 0.235. The number of aryl methyl sites for hydroxylation is 2. The topological polar surface area (TPSA) is 29.1 Å². The molecule has 1 amide bonds. The molecule has 0 bridgehead atoms. The van der Waals surface area contributed by atoms with Crippen LogP contribution in [0.3, 0.4) is 0 Å². The van der Waals surface area contributed by atoms with Crippen LogP contribution in [0.25, 0.3) is 0 Å². The summed E-state index contributed by atoms with van der Waals surface area (Å²) in [6.07, 6.45) is 3.50. The van der Waals surface area contributed by atoms with Crippen molar-refractivity contribution in [3.05, 3.63) is 65.2 Å². The number of alkyl halides is 1. The van der Waals surface area contributed by atoms with Crippen molar-refractivity contribution >= 4 is 27.5 Å². The molecule has 1 aliphatic carbocycles. The van der Waals surface area contributed by atoms with E-state index >= 15 is 0 Å². The van der Waals surface area contributed by atoms with Crippen LogP contribution in [0.5, 0.6) is 0 Å². The Morgan fingerprint density at radius 2 is 1.80 bits per heavy atom. The summed E-state index contributed by atoms with van der Waals surface area (Å²) in [4.78, 5) is 11.9. The number of carbonyl (C=O) groups excluding carboxylic acids is 1. The van der Waals surface area contributed by atoms with Crippen LogP contribution in [0.15, 0.2) is 48.5 Å². The molecule has 2 nitrogen and oxygen atoms in total. The Morgan fingerprint density at radius 1 is 1.05 bits per heavy atom. The van der Waals surface area contributed by atoms with Gasteiger partial charge in [-0.2, -0.15) is 0 Å². The van der Waals surface area contributed by atoms with Gasteiger partial charge in [-0.3, -0.25) is 4.79 Å². The molecule has 0 spiro atoms. The Morgan fingerprint density at radius 3 is 2.60 bits per heavy atom. The molecule has 0 heterocycles. The van der Waals surface area contributed by atoms with Crippen molar-refractivity contribution in [2.75, 3.05) is 5.32 Å². The molecular formula is C17H16BrNO. The van der Waals surface area contributed by atoms with Crippen LogP contribution < -0.4 is 5.32 Å². The first-order valence-electron chi connectivity index (χ1n) is 6.86. The predicted molar refractivity (Wildman–Crippen MR) is 85.2 cm³/mol. The molecule has 0 saturated carbocycles. The van der Waals surface area contributed by atoms with Crippen LogP contribution >= 0.6 is 15.9 Å². The van der Waals surface area contributed by atoms with Gasteiger partial charge in [0.25, 0.3) is 0 Å². The second-order valence-electron chi connectivity index (χ2n) is 5.10. The molecule has 1 N–H and O–H groups in total. The third-order valence-corrected chi connectivity index (χ3v) is 4.63. The van der Waals surface area contributed by atoms with Crippen LogP contribution in [-0.2, 0) is 17.6 Å². The van der Waals surface area contributed by atoms with Gasteiger partial charge in [-0.05, 0) is 48.1 Å². The van der Waals surface area contributed by atoms with Crippen LogP contribution in [-0.4, -0.2) is 5.91 Å². The fourth-order valence-electron chi connectivity index (χ4n) is 2.63. The van der Waals surface area contributed by atoms with Crippen LogP contribution in [0.4, 0.5) is 5.69 Å². The minimum Gasteiger partial charge on any atom is -0.325 e. The highest BCUT2D eigenvalue weighted by atomic mass is 79.9. The minimum absolute atomic E-state index is 0.0332. The second kappa shape index (κ2) is 5.80. The van der Waals surface area contributed by atoms with Gasteiger partial charge in [0.2, 0.25) is 5.91 Å². The van der Waals surface area contributed by atoms with E-state index in [1.165, 1.54) is 17.5 Å². The third kappa shape index (κ3) is 2.78. The van der Waals surface area contributed by atoms with Gasteiger partial charge >= 0.3 is 0 Å². The van der Waals surface area contributed by atoms with E-state index in [4.69, 9.17) is 0 Å². The number of amides is 1. The number of nitrogens with one attached hydrogen (secondary N) is 1. The summed E-state index contributed by atoms with van der Waals surface area (Å²) in [7, 11) is 0. The average molecular weight is 330 g/mol. The van der Waals surface area contributed by atoms with Crippen LogP contribution in [0.1, 0.15) is 27.9 Å². The molecular weight excluding hydrogens is 314 g/mol. The highest BCUT2D eigenvalue weighted by Gasteiger charge is 2.18. The van der Waals surface area contributed by atoms with E-state index < -0.39 is 0 Å². The van der Waals surface area contributed by atoms with Crippen molar-refractivity contribution in [2.24, 2.45) is 0 Å². The van der Waals surface area contributed by atoms with E-state index in [0.717, 1.165) is 24.1 Å². The molecule has 1 unspecified atom stereocenters. The molecule has 0 aromatic heterocycles. The summed E-state index contributed by atoms with van der Waals surface area (Å²) in [6.45, 7) is 0. The Labute approximate surface area is 127 Å². The number of benzene rings is 2. The summed E-state index contributed by atoms with van der Waals surface area (Å²) in [6, 6.07) is 15.9. The minimum atomic E-state index is -0.322. The largest absolute Gasteiger partial charge is 0.325 e. The summed E-state index contributed by atoms with van der Waals surface area (Å²) in [5, 5.41) is 2.98. The first kappa shape index (κ1) is 13.4. The lowest BCUT2D eigenvalue weighted by molar-refractivity contribution is -0.115. The van der Waals surface area contributed by atoms with Crippen LogP contribution in [0.2, 0.25) is 0 Å². The zero-order valence-electron chi connectivity index (χ0n) is 11.1. The monoisotopic (exact) mass is 329 g/mol. The zero-order chi connectivity index (χ0) is 13.9. The van der Waals surface area contributed by atoms with Crippen LogP contribution in [0, 0.1) is 0 Å². The molecule has 20 heavy (non-hydrogen) atoms. The van der Waals surface area contributed by atoms with E-state index in [2.05, 4.69) is 33.4 Å². The quantitative estimate of drug-likeness (QED) is 0.838. The first-order valence-corrected chi connectivity index (χ1v) is 7.77. The molecule has 0 saturated heterocycles. The number of hydrogen-bond acceptors (Lipinski definition) is 1. The third-order valence-electron chi connectivity index (χ3n) is 3.69. The van der Waals surface area contributed by atoms with Crippen molar-refractivity contribution in [1.29, 1.82) is 0 Å². The molecule has 0 aliphatic heterocycles. The van der Waals surface area contributed by atoms with Gasteiger partial charge < -0.3 is 5.32 Å². The fourth-order valence-corrected chi connectivity index (χ4v) is 3.05. The van der Waals surface area contributed by atoms with Crippen molar-refractivity contribution in [2.45, 2.75) is 24.1 Å². The maximum absolute atomic E-state index is 12.3. The van der Waals surface area contributed by atoms with Crippen molar-refractivity contribution in [3.63, 3.8) is 0 Å². The summed E-state index contributed by atoms with van der Waals surface area (Å²) < 4.78 is 0. The van der Waals surface area contributed by atoms with E-state index in [0.29, 0.717) is 0 Å². The van der Waals surface area contributed by atoms with E-state index in [1.54, 1.807) is 0 Å². The summed E-state index contributed by atoms with van der Waals surface area (Å²) >= 11 is 3.46. The van der Waals surface area contributed by atoms with Gasteiger partial charge in [-0.15, -0.1) is 0 Å². The highest BCUT2D eigenvalue weighted by Crippen LogP contribution is 2.27. The highest BCUT2D eigenvalue weighted by molar-refractivity contribution is 9.09. The number of hydrogen-bond donors (Lipinski definition) is 1. The standard InChI is InChI=1S/C17H16BrNO/c18-16(13-5-2-1-3-6-13)17(20)19-15-10-9-12-7-4-8-14(12)11-15/h1-3,5-6,9-11,16H,4,7-8H2,(H,19,20). The van der Waals surface area contributed by atoms with Crippen molar-refractivity contribution < 1.29 is 4.79 Å². The van der Waals surface area contributed by atoms with Gasteiger partial charge in [0.1, 0.15) is 4.83 Å². The smallest absolute Gasteiger partial charge is 0.242 e. The summed E-state index contributed by atoms with van der Waals surface area (Å²) in [5.41, 5.74) is 4.64. The molecule has 0 fully saturated rings. The maximum Gasteiger partial charge on any atom is 0.242 e. The Kier molecular flexibility index (Phi) is 3.88. The predicted octanol–water partition coefficient (Wildman–Crippen LogP) is 4.25.